The maximum Gasteiger partial charge on any atom is 0.244 e. The lowest BCUT2D eigenvalue weighted by atomic mass is 9.98. The van der Waals surface area contributed by atoms with Crippen molar-refractivity contribution in [3.63, 3.8) is 0 Å². The molecule has 0 bridgehead atoms. The molecule has 138 valence electrons. The van der Waals surface area contributed by atoms with Gasteiger partial charge in [-0.2, -0.15) is 5.26 Å². The van der Waals surface area contributed by atoms with Crippen molar-refractivity contribution in [2.75, 3.05) is 6.61 Å². The minimum absolute atomic E-state index is 0.0119. The van der Waals surface area contributed by atoms with E-state index < -0.39 is 0 Å². The van der Waals surface area contributed by atoms with Gasteiger partial charge < -0.3 is 10.1 Å². The van der Waals surface area contributed by atoms with Crippen LogP contribution in [0.25, 0.3) is 6.08 Å². The predicted octanol–water partition coefficient (Wildman–Crippen LogP) is 4.51. The van der Waals surface area contributed by atoms with Gasteiger partial charge >= 0.3 is 0 Å². The van der Waals surface area contributed by atoms with E-state index >= 15 is 0 Å². The maximum absolute atomic E-state index is 12.5. The number of hydrogen-bond acceptors (Lipinski definition) is 3. The maximum atomic E-state index is 12.5. The van der Waals surface area contributed by atoms with E-state index in [1.54, 1.807) is 18.2 Å². The first-order valence-electron chi connectivity index (χ1n) is 8.94. The number of ether oxygens (including phenoxy) is 1. The van der Waals surface area contributed by atoms with Crippen LogP contribution in [0.1, 0.15) is 22.7 Å². The summed E-state index contributed by atoms with van der Waals surface area (Å²) in [6.45, 7) is 0.0119. The largest absolute Gasteiger partial charge is 0.479 e. The smallest absolute Gasteiger partial charge is 0.244 e. The molecule has 0 saturated heterocycles. The molecule has 0 aliphatic carbocycles. The van der Waals surface area contributed by atoms with Crippen LogP contribution in [0.2, 0.25) is 0 Å². The van der Waals surface area contributed by atoms with Gasteiger partial charge in [0.2, 0.25) is 5.91 Å². The number of benzene rings is 3. The molecule has 0 atom stereocenters. The molecule has 4 nitrogen and oxygen atoms in total. The molecular formula is C24H20N2O2. The first-order chi connectivity index (χ1) is 13.8. The highest BCUT2D eigenvalue weighted by Crippen LogP contribution is 2.21. The van der Waals surface area contributed by atoms with Crippen molar-refractivity contribution < 1.29 is 9.53 Å². The zero-order chi connectivity index (χ0) is 19.6. The third kappa shape index (κ3) is 5.33. The van der Waals surface area contributed by atoms with Crippen molar-refractivity contribution in [2.45, 2.75) is 6.04 Å². The van der Waals surface area contributed by atoms with Gasteiger partial charge in [-0.05, 0) is 34.9 Å². The molecule has 3 aromatic carbocycles. The Bertz CT molecular complexity index is 919. The quantitative estimate of drug-likeness (QED) is 0.624. The molecule has 0 aromatic heterocycles. The topological polar surface area (TPSA) is 62.1 Å². The fraction of sp³-hybridized carbons (Fsp3) is 0.0833. The van der Waals surface area contributed by atoms with Crippen LogP contribution in [0.3, 0.4) is 0 Å². The van der Waals surface area contributed by atoms with Crippen LogP contribution in [0.4, 0.5) is 0 Å². The minimum Gasteiger partial charge on any atom is -0.479 e. The van der Waals surface area contributed by atoms with Crippen molar-refractivity contribution in [1.29, 1.82) is 5.26 Å². The van der Waals surface area contributed by atoms with E-state index in [1.807, 2.05) is 78.9 Å². The zero-order valence-electron chi connectivity index (χ0n) is 15.3. The lowest BCUT2D eigenvalue weighted by Gasteiger charge is -2.19. The van der Waals surface area contributed by atoms with Gasteiger partial charge in [0.25, 0.3) is 0 Å². The Balaban J connectivity index is 1.70. The molecule has 28 heavy (non-hydrogen) atoms. The lowest BCUT2D eigenvalue weighted by molar-refractivity contribution is -0.116. The fourth-order valence-corrected chi connectivity index (χ4v) is 2.80. The summed E-state index contributed by atoms with van der Waals surface area (Å²) < 4.78 is 5.22. The Morgan fingerprint density at radius 1 is 0.929 bits per heavy atom. The van der Waals surface area contributed by atoms with Crippen LogP contribution in [0.5, 0.6) is 5.75 Å². The summed E-state index contributed by atoms with van der Waals surface area (Å²) in [7, 11) is 0. The standard InChI is InChI=1S/C24H20N2O2/c25-17-18-28-22-14-11-19(12-15-22)13-16-23(27)26-24(20-7-3-1-4-8-20)21-9-5-2-6-10-21/h1-16,24H,18H2,(H,26,27)/b16-13+. The normalized spacial score (nSPS) is 10.6. The van der Waals surface area contributed by atoms with E-state index in [0.717, 1.165) is 16.7 Å². The van der Waals surface area contributed by atoms with Gasteiger partial charge in [0.15, 0.2) is 6.61 Å². The molecule has 0 radical (unpaired) electrons. The van der Waals surface area contributed by atoms with Crippen molar-refractivity contribution in [3.05, 3.63) is 108 Å². The Hall–Kier alpha value is -3.84. The molecular weight excluding hydrogens is 348 g/mol. The molecule has 4 heteroatoms. The molecule has 0 spiro atoms. The molecule has 0 fully saturated rings. The summed E-state index contributed by atoms with van der Waals surface area (Å²) in [5, 5.41) is 11.6. The monoisotopic (exact) mass is 368 g/mol. The van der Waals surface area contributed by atoms with Gasteiger partial charge in [0, 0.05) is 6.08 Å². The number of carbonyl (C=O) groups is 1. The van der Waals surface area contributed by atoms with Crippen molar-refractivity contribution in [1.82, 2.24) is 5.32 Å². The number of nitrogens with zero attached hydrogens (tertiary/aromatic N) is 1. The molecule has 0 heterocycles. The number of amides is 1. The van der Waals surface area contributed by atoms with Crippen LogP contribution in [-0.2, 0) is 4.79 Å². The van der Waals surface area contributed by atoms with Gasteiger partial charge in [0.05, 0.1) is 6.04 Å². The minimum atomic E-state index is -0.221. The SMILES string of the molecule is N#CCOc1ccc(/C=C/C(=O)NC(c2ccccc2)c2ccccc2)cc1. The van der Waals surface area contributed by atoms with Crippen molar-refractivity contribution in [2.24, 2.45) is 0 Å². The molecule has 0 aliphatic rings. The van der Waals surface area contributed by atoms with E-state index in [4.69, 9.17) is 10.00 Å². The number of carbonyl (C=O) groups excluding carboxylic acids is 1. The molecule has 0 unspecified atom stereocenters. The summed E-state index contributed by atoms with van der Waals surface area (Å²) in [6, 6.07) is 28.7. The van der Waals surface area contributed by atoms with Crippen LogP contribution in [0.15, 0.2) is 91.0 Å². The van der Waals surface area contributed by atoms with Crippen LogP contribution in [0, 0.1) is 11.3 Å². The average molecular weight is 368 g/mol. The molecule has 3 aromatic rings. The second-order valence-corrected chi connectivity index (χ2v) is 6.11. The summed E-state index contributed by atoms with van der Waals surface area (Å²) >= 11 is 0. The van der Waals surface area contributed by atoms with Crippen LogP contribution >= 0.6 is 0 Å². The Labute approximate surface area is 164 Å². The third-order valence-electron chi connectivity index (χ3n) is 4.16. The highest BCUT2D eigenvalue weighted by molar-refractivity contribution is 5.92. The number of rotatable bonds is 7. The highest BCUT2D eigenvalue weighted by Gasteiger charge is 2.15. The van der Waals surface area contributed by atoms with E-state index in [9.17, 15) is 4.79 Å². The Morgan fingerprint density at radius 3 is 2.04 bits per heavy atom. The Kier molecular flexibility index (Phi) is 6.59. The van der Waals surface area contributed by atoms with Gasteiger partial charge in [-0.15, -0.1) is 0 Å². The summed E-state index contributed by atoms with van der Waals surface area (Å²) in [4.78, 5) is 12.5. The first-order valence-corrected chi connectivity index (χ1v) is 8.94. The molecule has 1 amide bonds. The summed E-state index contributed by atoms with van der Waals surface area (Å²) in [5.41, 5.74) is 2.92. The lowest BCUT2D eigenvalue weighted by Crippen LogP contribution is -2.27. The van der Waals surface area contributed by atoms with Crippen molar-refractivity contribution in [3.8, 4) is 11.8 Å². The van der Waals surface area contributed by atoms with E-state index in [2.05, 4.69) is 5.32 Å². The first kappa shape index (κ1) is 18.9. The molecule has 0 saturated carbocycles. The number of nitriles is 1. The van der Waals surface area contributed by atoms with E-state index in [0.29, 0.717) is 5.75 Å². The second kappa shape index (κ2) is 9.75. The zero-order valence-corrected chi connectivity index (χ0v) is 15.3. The summed E-state index contributed by atoms with van der Waals surface area (Å²) in [6.07, 6.45) is 3.26. The highest BCUT2D eigenvalue weighted by atomic mass is 16.5. The van der Waals surface area contributed by atoms with E-state index in [-0.39, 0.29) is 18.6 Å². The Morgan fingerprint density at radius 2 is 1.50 bits per heavy atom. The van der Waals surface area contributed by atoms with Crippen LogP contribution < -0.4 is 10.1 Å². The van der Waals surface area contributed by atoms with Crippen LogP contribution in [-0.4, -0.2) is 12.5 Å². The van der Waals surface area contributed by atoms with Gasteiger partial charge in [-0.3, -0.25) is 4.79 Å². The molecule has 1 N–H and O–H groups in total. The molecule has 0 aliphatic heterocycles. The van der Waals surface area contributed by atoms with Gasteiger partial charge in [0.1, 0.15) is 11.8 Å². The molecule has 3 rings (SSSR count). The van der Waals surface area contributed by atoms with Gasteiger partial charge in [-0.1, -0.05) is 72.8 Å². The average Bonchev–Trinajstić information content (AvgIpc) is 2.76. The number of nitrogens with one attached hydrogen (secondary N) is 1. The third-order valence-corrected chi connectivity index (χ3v) is 4.16. The van der Waals surface area contributed by atoms with E-state index in [1.165, 1.54) is 6.08 Å². The van der Waals surface area contributed by atoms with Gasteiger partial charge in [-0.25, -0.2) is 0 Å². The fourth-order valence-electron chi connectivity index (χ4n) is 2.80. The predicted molar refractivity (Wildman–Crippen MR) is 109 cm³/mol. The van der Waals surface area contributed by atoms with Crippen molar-refractivity contribution >= 4 is 12.0 Å². The number of hydrogen-bond donors (Lipinski definition) is 1. The summed E-state index contributed by atoms with van der Waals surface area (Å²) in [5.74, 6) is 0.443. The second-order valence-electron chi connectivity index (χ2n) is 6.11.